The topological polar surface area (TPSA) is 114 Å². The van der Waals surface area contributed by atoms with Gasteiger partial charge in [-0.05, 0) is 6.92 Å². The van der Waals surface area contributed by atoms with Crippen molar-refractivity contribution < 1.29 is 24.8 Å². The minimum absolute atomic E-state index is 0.176. The van der Waals surface area contributed by atoms with Crippen molar-refractivity contribution in [2.45, 2.75) is 31.5 Å². The van der Waals surface area contributed by atoms with Crippen molar-refractivity contribution in [2.75, 3.05) is 13.2 Å². The highest BCUT2D eigenvalue weighted by Crippen LogP contribution is 2.28. The van der Waals surface area contributed by atoms with Crippen LogP contribution >= 0.6 is 0 Å². The molecule has 2 heterocycles. The lowest BCUT2D eigenvalue weighted by Gasteiger charge is -2.17. The Morgan fingerprint density at radius 3 is 2.74 bits per heavy atom. The Kier molecular flexibility index (Phi) is 4.15. The first-order valence-electron chi connectivity index (χ1n) is 5.93. The molecule has 0 spiro atoms. The SMILES string of the molecule is CCOc1ccn([C@@H]2O[C@H](CO)[C@H](O)C2O)c(=O)n1. The molecule has 106 valence electrons. The van der Waals surface area contributed by atoms with E-state index in [0.29, 0.717) is 6.61 Å². The van der Waals surface area contributed by atoms with Crippen molar-refractivity contribution in [2.24, 2.45) is 0 Å². The molecule has 1 aromatic rings. The number of hydrogen-bond acceptors (Lipinski definition) is 7. The quantitative estimate of drug-likeness (QED) is 0.595. The van der Waals surface area contributed by atoms with Crippen LogP contribution in [-0.4, -0.2) is 56.4 Å². The maximum Gasteiger partial charge on any atom is 0.353 e. The molecule has 0 aromatic carbocycles. The number of nitrogens with zero attached hydrogens (tertiary/aromatic N) is 2. The lowest BCUT2D eigenvalue weighted by Crippen LogP contribution is -2.35. The van der Waals surface area contributed by atoms with Crippen LogP contribution in [0.15, 0.2) is 17.1 Å². The van der Waals surface area contributed by atoms with Crippen molar-refractivity contribution in [1.29, 1.82) is 0 Å². The van der Waals surface area contributed by atoms with E-state index in [1.54, 1.807) is 6.92 Å². The predicted molar refractivity (Wildman–Crippen MR) is 62.7 cm³/mol. The summed E-state index contributed by atoms with van der Waals surface area (Å²) in [5.74, 6) is 0.176. The summed E-state index contributed by atoms with van der Waals surface area (Å²) in [7, 11) is 0. The maximum absolute atomic E-state index is 11.8. The maximum atomic E-state index is 11.8. The standard InChI is InChI=1S/C11H16N2O6/c1-2-18-7-3-4-13(11(17)12-7)10-9(16)8(15)6(5-14)19-10/h3-4,6,8-10,14-16H,2,5H2,1H3/t6-,8+,9?,10-/m1/s1. The molecule has 0 bridgehead atoms. The normalized spacial score (nSPS) is 30.5. The smallest absolute Gasteiger partial charge is 0.353 e. The third-order valence-electron chi connectivity index (χ3n) is 2.89. The van der Waals surface area contributed by atoms with Crippen molar-refractivity contribution >= 4 is 0 Å². The van der Waals surface area contributed by atoms with Gasteiger partial charge in [0, 0.05) is 12.3 Å². The molecular weight excluding hydrogens is 256 g/mol. The highest BCUT2D eigenvalue weighted by atomic mass is 16.6. The highest BCUT2D eigenvalue weighted by molar-refractivity contribution is 5.06. The number of hydrogen-bond donors (Lipinski definition) is 3. The zero-order chi connectivity index (χ0) is 14.0. The molecule has 1 aliphatic heterocycles. The molecule has 1 saturated heterocycles. The molecule has 0 radical (unpaired) electrons. The Balaban J connectivity index is 2.25. The molecule has 4 atom stereocenters. The summed E-state index contributed by atoms with van der Waals surface area (Å²) in [5, 5.41) is 28.4. The lowest BCUT2D eigenvalue weighted by atomic mass is 10.1. The molecule has 3 N–H and O–H groups in total. The summed E-state index contributed by atoms with van der Waals surface area (Å²) < 4.78 is 11.4. The molecule has 8 nitrogen and oxygen atoms in total. The van der Waals surface area contributed by atoms with Crippen LogP contribution in [0.2, 0.25) is 0 Å². The lowest BCUT2D eigenvalue weighted by molar-refractivity contribution is -0.0551. The summed E-state index contributed by atoms with van der Waals surface area (Å²) in [6, 6.07) is 1.46. The molecule has 1 fully saturated rings. The van der Waals surface area contributed by atoms with E-state index in [2.05, 4.69) is 4.98 Å². The fraction of sp³-hybridized carbons (Fsp3) is 0.636. The van der Waals surface area contributed by atoms with Crippen LogP contribution in [0.4, 0.5) is 0 Å². The Bertz CT molecular complexity index is 490. The first-order valence-corrected chi connectivity index (χ1v) is 5.93. The van der Waals surface area contributed by atoms with Gasteiger partial charge in [0.05, 0.1) is 13.2 Å². The molecular formula is C11H16N2O6. The fourth-order valence-electron chi connectivity index (χ4n) is 1.93. The van der Waals surface area contributed by atoms with Gasteiger partial charge in [0.2, 0.25) is 5.88 Å². The number of rotatable bonds is 4. The Morgan fingerprint density at radius 1 is 1.47 bits per heavy atom. The van der Waals surface area contributed by atoms with Crippen LogP contribution in [0.5, 0.6) is 5.88 Å². The van der Waals surface area contributed by atoms with Gasteiger partial charge in [-0.25, -0.2) is 4.79 Å². The predicted octanol–water partition coefficient (Wildman–Crippen LogP) is -1.75. The zero-order valence-corrected chi connectivity index (χ0v) is 10.3. The molecule has 8 heteroatoms. The summed E-state index contributed by atoms with van der Waals surface area (Å²) in [4.78, 5) is 15.5. The summed E-state index contributed by atoms with van der Waals surface area (Å²) in [5.41, 5.74) is -0.666. The van der Waals surface area contributed by atoms with Gasteiger partial charge in [-0.3, -0.25) is 4.57 Å². The number of aliphatic hydroxyl groups is 3. The monoisotopic (exact) mass is 272 g/mol. The molecule has 1 aliphatic rings. The van der Waals surface area contributed by atoms with Gasteiger partial charge in [-0.1, -0.05) is 0 Å². The molecule has 1 aromatic heterocycles. The summed E-state index contributed by atoms with van der Waals surface area (Å²) in [6.07, 6.45) is -3.22. The zero-order valence-electron chi connectivity index (χ0n) is 10.3. The average molecular weight is 272 g/mol. The third kappa shape index (κ3) is 2.61. The van der Waals surface area contributed by atoms with Gasteiger partial charge in [0.25, 0.3) is 0 Å². The van der Waals surface area contributed by atoms with E-state index >= 15 is 0 Å². The minimum Gasteiger partial charge on any atom is -0.478 e. The van der Waals surface area contributed by atoms with Crippen molar-refractivity contribution in [3.63, 3.8) is 0 Å². The van der Waals surface area contributed by atoms with E-state index in [1.165, 1.54) is 12.3 Å². The van der Waals surface area contributed by atoms with Crippen molar-refractivity contribution in [3.05, 3.63) is 22.7 Å². The van der Waals surface area contributed by atoms with Gasteiger partial charge in [-0.2, -0.15) is 4.98 Å². The van der Waals surface area contributed by atoms with Crippen molar-refractivity contribution in [1.82, 2.24) is 9.55 Å². The van der Waals surface area contributed by atoms with Gasteiger partial charge in [-0.15, -0.1) is 0 Å². The molecule has 0 aliphatic carbocycles. The van der Waals surface area contributed by atoms with Crippen LogP contribution in [0.25, 0.3) is 0 Å². The van der Waals surface area contributed by atoms with E-state index in [1.807, 2.05) is 0 Å². The van der Waals surface area contributed by atoms with Crippen LogP contribution in [0, 0.1) is 0 Å². The average Bonchev–Trinajstić information content (AvgIpc) is 2.67. The van der Waals surface area contributed by atoms with E-state index in [4.69, 9.17) is 14.6 Å². The number of aliphatic hydroxyl groups excluding tert-OH is 3. The van der Waals surface area contributed by atoms with Crippen LogP contribution in [0.3, 0.4) is 0 Å². The van der Waals surface area contributed by atoms with Gasteiger partial charge in [0.1, 0.15) is 18.3 Å². The third-order valence-corrected chi connectivity index (χ3v) is 2.89. The number of aromatic nitrogens is 2. The fourth-order valence-corrected chi connectivity index (χ4v) is 1.93. The summed E-state index contributed by atoms with van der Waals surface area (Å²) >= 11 is 0. The van der Waals surface area contributed by atoms with E-state index in [-0.39, 0.29) is 5.88 Å². The first kappa shape index (κ1) is 13.9. The first-order chi connectivity index (χ1) is 9.08. The van der Waals surface area contributed by atoms with E-state index in [9.17, 15) is 15.0 Å². The highest BCUT2D eigenvalue weighted by Gasteiger charge is 2.43. The second kappa shape index (κ2) is 5.66. The number of ether oxygens (including phenoxy) is 2. The van der Waals surface area contributed by atoms with Gasteiger partial charge >= 0.3 is 5.69 Å². The van der Waals surface area contributed by atoms with E-state index < -0.39 is 36.8 Å². The second-order valence-corrected chi connectivity index (χ2v) is 4.12. The Labute approximate surface area is 108 Å². The van der Waals surface area contributed by atoms with Crippen molar-refractivity contribution in [3.8, 4) is 5.88 Å². The Hall–Kier alpha value is -1.48. The molecule has 19 heavy (non-hydrogen) atoms. The van der Waals surface area contributed by atoms with E-state index in [0.717, 1.165) is 4.57 Å². The molecule has 1 unspecified atom stereocenters. The molecule has 0 saturated carbocycles. The molecule has 0 amide bonds. The second-order valence-electron chi connectivity index (χ2n) is 4.12. The largest absolute Gasteiger partial charge is 0.478 e. The Morgan fingerprint density at radius 2 is 2.21 bits per heavy atom. The van der Waals surface area contributed by atoms with Gasteiger partial charge in [0.15, 0.2) is 6.23 Å². The molecule has 2 rings (SSSR count). The minimum atomic E-state index is -1.31. The van der Waals surface area contributed by atoms with Crippen LogP contribution in [-0.2, 0) is 4.74 Å². The van der Waals surface area contributed by atoms with Crippen LogP contribution in [0.1, 0.15) is 13.2 Å². The summed E-state index contributed by atoms with van der Waals surface area (Å²) in [6.45, 7) is 1.69. The van der Waals surface area contributed by atoms with Crippen LogP contribution < -0.4 is 10.4 Å². The van der Waals surface area contributed by atoms with Gasteiger partial charge < -0.3 is 24.8 Å².